The molecule has 0 spiro atoms. The van der Waals surface area contributed by atoms with Crippen LogP contribution < -0.4 is 15.8 Å². The van der Waals surface area contributed by atoms with Gasteiger partial charge >= 0.3 is 0 Å². The maximum absolute atomic E-state index is 15.2. The maximum Gasteiger partial charge on any atom is 0.265 e. The maximum atomic E-state index is 15.2. The molecule has 4 fully saturated rings. The molecule has 1 N–H and O–H groups in total. The van der Waals surface area contributed by atoms with Gasteiger partial charge in [-0.1, -0.05) is 13.8 Å². The third-order valence-electron chi connectivity index (χ3n) is 9.81. The second-order valence-corrected chi connectivity index (χ2v) is 12.2. The molecule has 7 rings (SSSR count). The number of rotatable bonds is 6. The fourth-order valence-electron chi connectivity index (χ4n) is 7.14. The minimum Gasteiger partial charge on any atom is -0.367 e. The van der Waals surface area contributed by atoms with Crippen molar-refractivity contribution < 1.29 is 9.18 Å². The van der Waals surface area contributed by atoms with E-state index in [0.29, 0.717) is 46.2 Å². The molecule has 9 nitrogen and oxygen atoms in total. The largest absolute Gasteiger partial charge is 0.367 e. The first-order chi connectivity index (χ1) is 19.0. The van der Waals surface area contributed by atoms with Crippen LogP contribution in [-0.4, -0.2) is 76.6 Å². The van der Waals surface area contributed by atoms with E-state index >= 15 is 4.39 Å². The molecule has 4 aliphatic rings. The minimum atomic E-state index is -0.360. The Morgan fingerprint density at radius 3 is 2.40 bits per heavy atom. The lowest BCUT2D eigenvalue weighted by molar-refractivity contribution is -0.226. The van der Waals surface area contributed by atoms with Gasteiger partial charge in [-0.3, -0.25) is 19.1 Å². The molecule has 0 radical (unpaired) electrons. The van der Waals surface area contributed by atoms with E-state index in [-0.39, 0.29) is 34.3 Å². The summed E-state index contributed by atoms with van der Waals surface area (Å²) in [5.74, 6) is 0.855. The first kappa shape index (κ1) is 26.7. The van der Waals surface area contributed by atoms with Crippen molar-refractivity contribution in [2.75, 3.05) is 50.5 Å². The fraction of sp³-hybridized carbons (Fsp3) is 0.533. The van der Waals surface area contributed by atoms with Gasteiger partial charge in [0.15, 0.2) is 0 Å². The highest BCUT2D eigenvalue weighted by molar-refractivity contribution is 5.96. The van der Waals surface area contributed by atoms with Crippen LogP contribution in [-0.2, 0) is 5.54 Å². The molecule has 212 valence electrons. The smallest absolute Gasteiger partial charge is 0.265 e. The summed E-state index contributed by atoms with van der Waals surface area (Å²) in [6.45, 7) is 12.1. The Balaban J connectivity index is 1.33. The normalized spacial score (nSPS) is 26.0. The number of amides is 1. The molecule has 2 atom stereocenters. The summed E-state index contributed by atoms with van der Waals surface area (Å²) in [7, 11) is 3.28. The Kier molecular flexibility index (Phi) is 6.36. The van der Waals surface area contributed by atoms with Crippen LogP contribution in [0.15, 0.2) is 35.3 Å². The Morgan fingerprint density at radius 1 is 1.12 bits per heavy atom. The zero-order valence-corrected chi connectivity index (χ0v) is 24.1. The number of fused-ring (bicyclic) bond motifs is 1. The van der Waals surface area contributed by atoms with E-state index in [1.54, 1.807) is 37.0 Å². The summed E-state index contributed by atoms with van der Waals surface area (Å²) < 4.78 is 17.0. The minimum absolute atomic E-state index is 0.123. The van der Waals surface area contributed by atoms with Gasteiger partial charge in [0.05, 0.1) is 11.2 Å². The Labute approximate surface area is 234 Å². The average Bonchev–Trinajstić information content (AvgIpc) is 2.93. The van der Waals surface area contributed by atoms with E-state index in [2.05, 4.69) is 47.8 Å². The molecule has 40 heavy (non-hydrogen) atoms. The van der Waals surface area contributed by atoms with Crippen LogP contribution in [0.4, 0.5) is 21.7 Å². The number of anilines is 3. The number of carbonyl (C=O) groups excluding carboxylic acids is 1. The number of nitrogens with zero attached hydrogens (tertiary/aromatic N) is 6. The summed E-state index contributed by atoms with van der Waals surface area (Å²) in [5.41, 5.74) is 1.06. The number of hydrogen-bond acceptors (Lipinski definition) is 7. The van der Waals surface area contributed by atoms with Gasteiger partial charge in [0.25, 0.3) is 11.5 Å². The summed E-state index contributed by atoms with van der Waals surface area (Å²) in [6.07, 6.45) is 2.53. The quantitative estimate of drug-likeness (QED) is 0.501. The third-order valence-corrected chi connectivity index (χ3v) is 9.81. The zero-order valence-electron chi connectivity index (χ0n) is 24.1. The van der Waals surface area contributed by atoms with Gasteiger partial charge in [0.2, 0.25) is 5.95 Å². The van der Waals surface area contributed by atoms with Crippen LogP contribution in [0, 0.1) is 23.6 Å². The van der Waals surface area contributed by atoms with Crippen molar-refractivity contribution in [1.29, 1.82) is 0 Å². The van der Waals surface area contributed by atoms with Crippen LogP contribution in [0.25, 0.3) is 11.0 Å². The summed E-state index contributed by atoms with van der Waals surface area (Å²) in [4.78, 5) is 41.9. The Hall–Kier alpha value is -3.53. The molecule has 1 aliphatic heterocycles. The molecule has 1 aromatic carbocycles. The second kappa shape index (κ2) is 9.54. The number of benzene rings is 1. The highest BCUT2D eigenvalue weighted by Crippen LogP contribution is 2.70. The van der Waals surface area contributed by atoms with Crippen molar-refractivity contribution in [3.05, 3.63) is 52.2 Å². The van der Waals surface area contributed by atoms with Gasteiger partial charge < -0.3 is 15.1 Å². The molecule has 2 bridgehead atoms. The molecule has 3 saturated carbocycles. The number of halogens is 1. The first-order valence-corrected chi connectivity index (χ1v) is 14.2. The number of hydrogen-bond donors (Lipinski definition) is 1. The van der Waals surface area contributed by atoms with Crippen LogP contribution in [0.1, 0.15) is 44.5 Å². The average molecular weight is 548 g/mol. The lowest BCUT2D eigenvalue weighted by Gasteiger charge is -2.73. The standard InChI is InChI=1S/C30H38FN7O2/c1-17(2)36-9-11-37(12-10-36)25-8-7-21(14-24(25)31)33-29-32-16-20-13-22(27(39)35(5)6)28(40)38(26(20)34-29)30-15-23(18(30)3)19(30)4/h7-8,13-14,16-19,23H,9-12,15H2,1-6H3,(H,32,33,34)/t18-,19-,23?,30?/m1/s1. The van der Waals surface area contributed by atoms with E-state index in [9.17, 15) is 9.59 Å². The van der Waals surface area contributed by atoms with Crippen molar-refractivity contribution in [1.82, 2.24) is 24.3 Å². The topological polar surface area (TPSA) is 86.6 Å². The summed E-state index contributed by atoms with van der Waals surface area (Å²) in [5, 5.41) is 3.76. The molecular formula is C30H38FN7O2. The highest BCUT2D eigenvalue weighted by Gasteiger charge is 2.70. The molecule has 2 aromatic heterocycles. The van der Waals surface area contributed by atoms with E-state index in [1.807, 2.05) is 6.07 Å². The van der Waals surface area contributed by atoms with E-state index in [1.165, 1.54) is 11.0 Å². The number of pyridine rings is 1. The monoisotopic (exact) mass is 547 g/mol. The van der Waals surface area contributed by atoms with Crippen molar-refractivity contribution >= 4 is 34.3 Å². The number of nitrogens with one attached hydrogen (secondary N) is 1. The molecule has 1 saturated heterocycles. The molecule has 0 unspecified atom stereocenters. The molecule has 1 amide bonds. The van der Waals surface area contributed by atoms with Gasteiger partial charge in [-0.15, -0.1) is 0 Å². The molecule has 10 heteroatoms. The fourth-order valence-corrected chi connectivity index (χ4v) is 7.14. The molecule has 3 aliphatic carbocycles. The van der Waals surface area contributed by atoms with Crippen LogP contribution in [0.2, 0.25) is 0 Å². The highest BCUT2D eigenvalue weighted by atomic mass is 19.1. The number of aromatic nitrogens is 3. The van der Waals surface area contributed by atoms with Gasteiger partial charge in [0.1, 0.15) is 17.0 Å². The molecule has 3 aromatic rings. The lowest BCUT2D eigenvalue weighted by Crippen LogP contribution is -2.75. The first-order valence-electron chi connectivity index (χ1n) is 14.2. The van der Waals surface area contributed by atoms with Crippen molar-refractivity contribution in [2.24, 2.45) is 17.8 Å². The molecule has 3 heterocycles. The van der Waals surface area contributed by atoms with Crippen LogP contribution in [0.3, 0.4) is 0 Å². The van der Waals surface area contributed by atoms with Crippen LogP contribution >= 0.6 is 0 Å². The predicted molar refractivity (Wildman–Crippen MR) is 155 cm³/mol. The number of piperazine rings is 1. The second-order valence-electron chi connectivity index (χ2n) is 12.2. The van der Waals surface area contributed by atoms with Gasteiger partial charge in [-0.25, -0.2) is 9.37 Å². The summed E-state index contributed by atoms with van der Waals surface area (Å²) in [6, 6.07) is 7.17. The van der Waals surface area contributed by atoms with Crippen molar-refractivity contribution in [3.63, 3.8) is 0 Å². The predicted octanol–water partition coefficient (Wildman–Crippen LogP) is 3.91. The van der Waals surface area contributed by atoms with Crippen molar-refractivity contribution in [3.8, 4) is 0 Å². The van der Waals surface area contributed by atoms with Gasteiger partial charge in [-0.2, -0.15) is 4.98 Å². The summed E-state index contributed by atoms with van der Waals surface area (Å²) >= 11 is 0. The van der Waals surface area contributed by atoms with E-state index in [4.69, 9.17) is 4.98 Å². The third kappa shape index (κ3) is 3.90. The Bertz CT molecular complexity index is 1530. The van der Waals surface area contributed by atoms with Gasteiger partial charge in [-0.05, 0) is 62.3 Å². The molecular weight excluding hydrogens is 509 g/mol. The number of carbonyl (C=O) groups is 1. The van der Waals surface area contributed by atoms with E-state index in [0.717, 1.165) is 32.6 Å². The van der Waals surface area contributed by atoms with Crippen LogP contribution in [0.5, 0.6) is 0 Å². The lowest BCUT2D eigenvalue weighted by atomic mass is 9.36. The Morgan fingerprint density at radius 2 is 1.82 bits per heavy atom. The van der Waals surface area contributed by atoms with Crippen molar-refractivity contribution in [2.45, 2.75) is 45.7 Å². The van der Waals surface area contributed by atoms with Gasteiger partial charge in [0, 0.05) is 63.6 Å². The zero-order chi connectivity index (χ0) is 28.5. The SMILES string of the molecule is CC(C)N1CCN(c2ccc(Nc3ncc4cc(C(=O)N(C)C)c(=O)n(C56CC([C@H]5C)[C@H]6C)c4n3)cc2F)CC1. The van der Waals surface area contributed by atoms with E-state index < -0.39 is 0 Å².